The van der Waals surface area contributed by atoms with Gasteiger partial charge in [0.1, 0.15) is 11.9 Å². The Morgan fingerprint density at radius 3 is 2.54 bits per heavy atom. The lowest BCUT2D eigenvalue weighted by atomic mass is 9.38. The van der Waals surface area contributed by atoms with Crippen LogP contribution in [0.2, 0.25) is 0 Å². The Hall–Kier alpha value is -2.45. The van der Waals surface area contributed by atoms with Gasteiger partial charge in [0.05, 0.1) is 25.7 Å². The van der Waals surface area contributed by atoms with Crippen LogP contribution in [-0.4, -0.2) is 47.3 Å². The molecule has 0 spiro atoms. The van der Waals surface area contributed by atoms with Gasteiger partial charge in [0.15, 0.2) is 6.10 Å². The first-order valence-electron chi connectivity index (χ1n) is 12.3. The van der Waals surface area contributed by atoms with Crippen molar-refractivity contribution in [2.45, 2.75) is 65.3 Å². The van der Waals surface area contributed by atoms with Crippen molar-refractivity contribution in [3.8, 4) is 0 Å². The number of carbonyl (C=O) groups excluding carboxylic acids is 3. The SMILES string of the molecule is COC(=O)C(O)C1C(C)(C)C(O)C2CC3C4=CC(=O)OC(c5ccoc5)C4(C)CCC3C1(C)C2=O. The predicted octanol–water partition coefficient (Wildman–Crippen LogP) is 2.98. The Kier molecular flexibility index (Phi) is 5.39. The summed E-state index contributed by atoms with van der Waals surface area (Å²) in [6.07, 6.45) is 3.29. The molecule has 2 heterocycles. The monoisotopic (exact) mass is 486 g/mol. The van der Waals surface area contributed by atoms with Crippen molar-refractivity contribution in [1.29, 1.82) is 0 Å². The minimum Gasteiger partial charge on any atom is -0.472 e. The molecule has 3 saturated carbocycles. The molecule has 9 unspecified atom stereocenters. The van der Waals surface area contributed by atoms with E-state index < -0.39 is 58.3 Å². The highest BCUT2D eigenvalue weighted by atomic mass is 16.5. The van der Waals surface area contributed by atoms with Crippen molar-refractivity contribution in [3.63, 3.8) is 0 Å². The molecule has 2 bridgehead atoms. The van der Waals surface area contributed by atoms with E-state index in [1.165, 1.54) is 7.11 Å². The van der Waals surface area contributed by atoms with Gasteiger partial charge in [-0.1, -0.05) is 27.7 Å². The number of rotatable bonds is 3. The highest BCUT2D eigenvalue weighted by Gasteiger charge is 2.70. The van der Waals surface area contributed by atoms with Gasteiger partial charge in [0.25, 0.3) is 0 Å². The van der Waals surface area contributed by atoms with Gasteiger partial charge in [-0.25, -0.2) is 9.59 Å². The lowest BCUT2D eigenvalue weighted by molar-refractivity contribution is -0.217. The lowest BCUT2D eigenvalue weighted by Gasteiger charge is -2.65. The number of esters is 2. The van der Waals surface area contributed by atoms with E-state index in [1.807, 2.05) is 20.8 Å². The zero-order valence-electron chi connectivity index (χ0n) is 20.8. The van der Waals surface area contributed by atoms with Gasteiger partial charge in [0.2, 0.25) is 0 Å². The van der Waals surface area contributed by atoms with Crippen LogP contribution in [0.25, 0.3) is 0 Å². The third-order valence-corrected chi connectivity index (χ3v) is 9.95. The third-order valence-electron chi connectivity index (χ3n) is 9.95. The van der Waals surface area contributed by atoms with Gasteiger partial charge in [-0.05, 0) is 48.2 Å². The Bertz CT molecular complexity index is 1090. The van der Waals surface area contributed by atoms with Crippen molar-refractivity contribution >= 4 is 17.7 Å². The summed E-state index contributed by atoms with van der Waals surface area (Å²) in [6, 6.07) is 1.80. The highest BCUT2D eigenvalue weighted by molar-refractivity contribution is 5.92. The topological polar surface area (TPSA) is 123 Å². The number of ether oxygens (including phenoxy) is 2. The number of aliphatic hydroxyl groups excluding tert-OH is 2. The molecule has 9 atom stereocenters. The van der Waals surface area contributed by atoms with Crippen LogP contribution in [0.5, 0.6) is 0 Å². The molecule has 8 nitrogen and oxygen atoms in total. The zero-order chi connectivity index (χ0) is 25.5. The molecule has 8 heteroatoms. The minimum absolute atomic E-state index is 0.118. The van der Waals surface area contributed by atoms with Crippen molar-refractivity contribution in [2.24, 2.45) is 39.9 Å². The Balaban J connectivity index is 1.64. The summed E-state index contributed by atoms with van der Waals surface area (Å²) in [5, 5.41) is 22.5. The second-order valence-electron chi connectivity index (χ2n) is 11.8. The number of hydrogen-bond donors (Lipinski definition) is 2. The highest BCUT2D eigenvalue weighted by Crippen LogP contribution is 2.68. The summed E-state index contributed by atoms with van der Waals surface area (Å²) in [7, 11) is 1.20. The fraction of sp³-hybridized carbons (Fsp3) is 0.667. The molecule has 35 heavy (non-hydrogen) atoms. The van der Waals surface area contributed by atoms with Crippen LogP contribution in [0.15, 0.2) is 34.7 Å². The van der Waals surface area contributed by atoms with E-state index in [2.05, 4.69) is 6.92 Å². The Labute approximate surface area is 204 Å². The minimum atomic E-state index is -1.56. The number of furan rings is 1. The molecule has 3 fully saturated rings. The van der Waals surface area contributed by atoms with E-state index in [-0.39, 0.29) is 17.6 Å². The van der Waals surface area contributed by atoms with Crippen LogP contribution < -0.4 is 0 Å². The van der Waals surface area contributed by atoms with Gasteiger partial charge >= 0.3 is 11.9 Å². The summed E-state index contributed by atoms with van der Waals surface area (Å²) in [4.78, 5) is 39.2. The molecule has 0 amide bonds. The van der Waals surface area contributed by atoms with Gasteiger partial charge < -0.3 is 24.1 Å². The first kappa shape index (κ1) is 24.3. The van der Waals surface area contributed by atoms with E-state index in [4.69, 9.17) is 13.9 Å². The summed E-state index contributed by atoms with van der Waals surface area (Å²) in [5.74, 6) is -3.27. The molecule has 190 valence electrons. The van der Waals surface area contributed by atoms with Crippen molar-refractivity contribution in [2.75, 3.05) is 7.11 Å². The number of fused-ring (bicyclic) bond motifs is 6. The number of ketones is 1. The summed E-state index contributed by atoms with van der Waals surface area (Å²) < 4.78 is 15.9. The van der Waals surface area contributed by atoms with Crippen LogP contribution in [-0.2, 0) is 23.9 Å². The molecule has 1 aromatic rings. The molecule has 0 radical (unpaired) electrons. The Morgan fingerprint density at radius 2 is 1.91 bits per heavy atom. The van der Waals surface area contributed by atoms with E-state index in [0.717, 1.165) is 11.1 Å². The lowest BCUT2D eigenvalue weighted by Crippen LogP contribution is -2.70. The number of Topliss-reactive ketones (excluding diaryl/α,β-unsaturated/α-hetero) is 1. The standard InChI is InChI=1S/C27H34O8/c1-25(2)20(19(29)24(32)33-5)27(4)16-6-8-26(3)17(14(16)10-15(21(25)30)22(27)31)11-18(28)35-23(26)13-7-9-34-12-13/h7,9,11-12,14-16,19-21,23,29-30H,6,8,10H2,1-5H3. The van der Waals surface area contributed by atoms with Crippen LogP contribution in [0.4, 0.5) is 0 Å². The second-order valence-corrected chi connectivity index (χ2v) is 11.8. The first-order chi connectivity index (χ1) is 16.4. The molecular weight excluding hydrogens is 452 g/mol. The van der Waals surface area contributed by atoms with E-state index >= 15 is 0 Å². The van der Waals surface area contributed by atoms with Crippen molar-refractivity contribution in [1.82, 2.24) is 0 Å². The molecule has 4 aliphatic rings. The molecule has 3 aliphatic carbocycles. The van der Waals surface area contributed by atoms with Crippen LogP contribution in [0.3, 0.4) is 0 Å². The van der Waals surface area contributed by atoms with E-state index in [1.54, 1.807) is 24.7 Å². The molecule has 0 saturated heterocycles. The normalized spacial score (nSPS) is 42.8. The second kappa shape index (κ2) is 7.77. The maximum atomic E-state index is 13.9. The summed E-state index contributed by atoms with van der Waals surface area (Å²) in [5.41, 5.74) is -0.799. The third kappa shape index (κ3) is 3.08. The number of carbonyl (C=O) groups is 3. The molecule has 1 aromatic heterocycles. The van der Waals surface area contributed by atoms with Crippen molar-refractivity contribution in [3.05, 3.63) is 35.8 Å². The first-order valence-corrected chi connectivity index (χ1v) is 12.3. The van der Waals surface area contributed by atoms with Crippen LogP contribution >= 0.6 is 0 Å². The fourth-order valence-corrected chi connectivity index (χ4v) is 8.36. The number of hydrogen-bond acceptors (Lipinski definition) is 8. The van der Waals surface area contributed by atoms with Gasteiger partial charge in [0, 0.05) is 34.3 Å². The largest absolute Gasteiger partial charge is 0.472 e. The maximum Gasteiger partial charge on any atom is 0.335 e. The van der Waals surface area contributed by atoms with E-state index in [9.17, 15) is 24.6 Å². The number of cyclic esters (lactones) is 1. The van der Waals surface area contributed by atoms with Gasteiger partial charge in [-0.2, -0.15) is 0 Å². The summed E-state index contributed by atoms with van der Waals surface area (Å²) in [6.45, 7) is 7.54. The van der Waals surface area contributed by atoms with Crippen molar-refractivity contribution < 1.29 is 38.5 Å². The average Bonchev–Trinajstić information content (AvgIpc) is 3.34. The molecular formula is C27H34O8. The molecule has 5 rings (SSSR count). The quantitative estimate of drug-likeness (QED) is 0.625. The molecule has 2 N–H and O–H groups in total. The number of methoxy groups -OCH3 is 1. The van der Waals surface area contributed by atoms with Gasteiger partial charge in [-0.15, -0.1) is 0 Å². The maximum absolute atomic E-state index is 13.9. The Morgan fingerprint density at radius 1 is 1.20 bits per heavy atom. The number of aliphatic hydroxyl groups is 2. The summed E-state index contributed by atoms with van der Waals surface area (Å²) >= 11 is 0. The predicted molar refractivity (Wildman–Crippen MR) is 122 cm³/mol. The fourth-order valence-electron chi connectivity index (χ4n) is 8.36. The average molecular weight is 487 g/mol. The van der Waals surface area contributed by atoms with Crippen LogP contribution in [0.1, 0.15) is 58.6 Å². The van der Waals surface area contributed by atoms with E-state index in [0.29, 0.717) is 19.3 Å². The molecule has 1 aliphatic heterocycles. The smallest absolute Gasteiger partial charge is 0.335 e. The van der Waals surface area contributed by atoms with Crippen LogP contribution in [0, 0.1) is 39.9 Å². The zero-order valence-corrected chi connectivity index (χ0v) is 20.8. The van der Waals surface area contributed by atoms with Gasteiger partial charge in [-0.3, -0.25) is 4.79 Å². The molecule has 0 aromatic carbocycles.